The van der Waals surface area contributed by atoms with Crippen LogP contribution in [0.15, 0.2) is 24.7 Å². The Morgan fingerprint density at radius 1 is 1.26 bits per heavy atom. The van der Waals surface area contributed by atoms with Crippen LogP contribution in [0.3, 0.4) is 0 Å². The second kappa shape index (κ2) is 4.55. The molecular weight excluding hydrogens is 244 g/mol. The highest BCUT2D eigenvalue weighted by Gasteiger charge is 2.18. The minimum absolute atomic E-state index is 0.643. The van der Waals surface area contributed by atoms with Crippen molar-refractivity contribution < 1.29 is 9.90 Å². The molecule has 1 aliphatic rings. The van der Waals surface area contributed by atoms with E-state index in [0.717, 1.165) is 37.3 Å². The van der Waals surface area contributed by atoms with Crippen molar-refractivity contribution in [3.8, 4) is 0 Å². The monoisotopic (exact) mass is 260 g/mol. The number of aromatic nitrogens is 2. The van der Waals surface area contributed by atoms with E-state index >= 15 is 0 Å². The van der Waals surface area contributed by atoms with Crippen molar-refractivity contribution in [1.82, 2.24) is 14.5 Å². The van der Waals surface area contributed by atoms with Crippen LogP contribution in [0.4, 0.5) is 10.5 Å². The summed E-state index contributed by atoms with van der Waals surface area (Å²) in [5.41, 5.74) is 1.66. The van der Waals surface area contributed by atoms with Crippen molar-refractivity contribution in [2.75, 3.05) is 38.1 Å². The van der Waals surface area contributed by atoms with Gasteiger partial charge < -0.3 is 14.9 Å². The summed E-state index contributed by atoms with van der Waals surface area (Å²) in [7, 11) is 2.11. The van der Waals surface area contributed by atoms with Crippen LogP contribution in [0.5, 0.6) is 0 Å². The second-order valence-corrected chi connectivity index (χ2v) is 4.85. The molecule has 0 spiro atoms. The van der Waals surface area contributed by atoms with E-state index in [9.17, 15) is 4.79 Å². The van der Waals surface area contributed by atoms with Gasteiger partial charge in [0.2, 0.25) is 0 Å². The molecule has 100 valence electrons. The Bertz CT molecular complexity index is 614. The number of carbonyl (C=O) groups is 1. The molecule has 0 atom stereocenters. The van der Waals surface area contributed by atoms with Crippen LogP contribution >= 0.6 is 0 Å². The van der Waals surface area contributed by atoms with Crippen LogP contribution < -0.4 is 4.90 Å². The SMILES string of the molecule is CN1CCN(c2cncc3c2ccn3C(=O)O)CC1. The fourth-order valence-electron chi connectivity index (χ4n) is 2.51. The Morgan fingerprint density at radius 3 is 2.68 bits per heavy atom. The first kappa shape index (κ1) is 12.0. The zero-order chi connectivity index (χ0) is 13.4. The number of hydrogen-bond acceptors (Lipinski definition) is 4. The molecule has 1 saturated heterocycles. The molecule has 3 heterocycles. The molecule has 1 aliphatic heterocycles. The van der Waals surface area contributed by atoms with E-state index in [4.69, 9.17) is 5.11 Å². The van der Waals surface area contributed by atoms with Gasteiger partial charge in [-0.3, -0.25) is 9.55 Å². The second-order valence-electron chi connectivity index (χ2n) is 4.85. The molecule has 0 aliphatic carbocycles. The number of hydrogen-bond donors (Lipinski definition) is 1. The lowest BCUT2D eigenvalue weighted by Gasteiger charge is -2.34. The Labute approximate surface area is 110 Å². The Kier molecular flexibility index (Phi) is 2.87. The van der Waals surface area contributed by atoms with Gasteiger partial charge in [0.05, 0.1) is 23.6 Å². The number of pyridine rings is 1. The summed E-state index contributed by atoms with van der Waals surface area (Å²) in [6.07, 6.45) is 4.02. The number of carboxylic acid groups (broad SMARTS) is 1. The summed E-state index contributed by atoms with van der Waals surface area (Å²) >= 11 is 0. The van der Waals surface area contributed by atoms with Crippen LogP contribution in [0.2, 0.25) is 0 Å². The lowest BCUT2D eigenvalue weighted by atomic mass is 10.2. The van der Waals surface area contributed by atoms with Crippen molar-refractivity contribution >= 4 is 22.7 Å². The zero-order valence-corrected chi connectivity index (χ0v) is 10.8. The smallest absolute Gasteiger partial charge is 0.416 e. The molecule has 1 N–H and O–H groups in total. The lowest BCUT2D eigenvalue weighted by Crippen LogP contribution is -2.44. The summed E-state index contributed by atoms with van der Waals surface area (Å²) in [5.74, 6) is 0. The molecule has 6 nitrogen and oxygen atoms in total. The third-order valence-electron chi connectivity index (χ3n) is 3.65. The topological polar surface area (TPSA) is 61.6 Å². The average Bonchev–Trinajstić information content (AvgIpc) is 2.83. The van der Waals surface area contributed by atoms with Crippen molar-refractivity contribution in [3.05, 3.63) is 24.7 Å². The number of anilines is 1. The minimum Gasteiger partial charge on any atom is -0.464 e. The predicted molar refractivity (Wildman–Crippen MR) is 72.9 cm³/mol. The zero-order valence-electron chi connectivity index (χ0n) is 10.8. The third-order valence-corrected chi connectivity index (χ3v) is 3.65. The van der Waals surface area contributed by atoms with Gasteiger partial charge in [0, 0.05) is 37.8 Å². The fraction of sp³-hybridized carbons (Fsp3) is 0.385. The van der Waals surface area contributed by atoms with Crippen LogP contribution in [0.25, 0.3) is 10.9 Å². The Morgan fingerprint density at radius 2 is 2.00 bits per heavy atom. The van der Waals surface area contributed by atoms with Crippen LogP contribution in [0, 0.1) is 0 Å². The van der Waals surface area contributed by atoms with Crippen LogP contribution in [0.1, 0.15) is 0 Å². The van der Waals surface area contributed by atoms with E-state index in [-0.39, 0.29) is 0 Å². The van der Waals surface area contributed by atoms with Gasteiger partial charge in [-0.05, 0) is 13.1 Å². The molecule has 19 heavy (non-hydrogen) atoms. The lowest BCUT2D eigenvalue weighted by molar-refractivity contribution is 0.197. The summed E-state index contributed by atoms with van der Waals surface area (Å²) in [6, 6.07) is 1.85. The van der Waals surface area contributed by atoms with Crippen molar-refractivity contribution in [2.24, 2.45) is 0 Å². The summed E-state index contributed by atoms with van der Waals surface area (Å²) in [6.45, 7) is 3.90. The summed E-state index contributed by atoms with van der Waals surface area (Å²) in [4.78, 5) is 19.9. The van der Waals surface area contributed by atoms with Crippen LogP contribution in [-0.2, 0) is 0 Å². The molecule has 2 aromatic heterocycles. The van der Waals surface area contributed by atoms with E-state index in [1.165, 1.54) is 4.57 Å². The van der Waals surface area contributed by atoms with E-state index in [0.29, 0.717) is 5.52 Å². The molecule has 0 unspecified atom stereocenters. The minimum atomic E-state index is -0.979. The maximum Gasteiger partial charge on any atom is 0.416 e. The molecular formula is C13H16N4O2. The van der Waals surface area contributed by atoms with E-state index in [2.05, 4.69) is 21.8 Å². The van der Waals surface area contributed by atoms with E-state index < -0.39 is 6.09 Å². The molecule has 0 bridgehead atoms. The largest absolute Gasteiger partial charge is 0.464 e. The van der Waals surface area contributed by atoms with E-state index in [1.54, 1.807) is 12.4 Å². The van der Waals surface area contributed by atoms with Gasteiger partial charge in [-0.2, -0.15) is 0 Å². The predicted octanol–water partition coefficient (Wildman–Crippen LogP) is 1.31. The molecule has 3 rings (SSSR count). The van der Waals surface area contributed by atoms with Crippen LogP contribution in [-0.4, -0.2) is 58.9 Å². The maximum atomic E-state index is 11.1. The van der Waals surface area contributed by atoms with E-state index in [1.807, 2.05) is 12.3 Å². The van der Waals surface area contributed by atoms with Gasteiger partial charge in [-0.1, -0.05) is 0 Å². The number of piperazine rings is 1. The average molecular weight is 260 g/mol. The highest BCUT2D eigenvalue weighted by molar-refractivity contribution is 5.96. The quantitative estimate of drug-likeness (QED) is 0.837. The molecule has 0 amide bonds. The number of likely N-dealkylation sites (N-methyl/N-ethyl adjacent to an activating group) is 1. The molecule has 0 aromatic carbocycles. The van der Waals surface area contributed by atoms with Gasteiger partial charge in [-0.15, -0.1) is 0 Å². The molecule has 0 saturated carbocycles. The van der Waals surface area contributed by atoms with Gasteiger partial charge >= 0.3 is 6.09 Å². The Balaban J connectivity index is 2.02. The van der Waals surface area contributed by atoms with Crippen molar-refractivity contribution in [2.45, 2.75) is 0 Å². The molecule has 0 radical (unpaired) electrons. The van der Waals surface area contributed by atoms with Gasteiger partial charge in [0.1, 0.15) is 0 Å². The number of fused-ring (bicyclic) bond motifs is 1. The molecule has 1 fully saturated rings. The summed E-state index contributed by atoms with van der Waals surface area (Å²) < 4.78 is 1.21. The first-order valence-corrected chi connectivity index (χ1v) is 6.28. The molecule has 6 heteroatoms. The van der Waals surface area contributed by atoms with Crippen molar-refractivity contribution in [3.63, 3.8) is 0 Å². The molecule has 2 aromatic rings. The first-order chi connectivity index (χ1) is 9.16. The standard InChI is InChI=1S/C13H16N4O2/c1-15-4-6-16(7-5-15)11-8-14-9-12-10(11)2-3-17(12)13(18)19/h2-3,8-9H,4-7H2,1H3,(H,18,19). The Hall–Kier alpha value is -2.08. The number of nitrogens with zero attached hydrogens (tertiary/aromatic N) is 4. The van der Waals surface area contributed by atoms with Crippen molar-refractivity contribution in [1.29, 1.82) is 0 Å². The highest BCUT2D eigenvalue weighted by Crippen LogP contribution is 2.27. The van der Waals surface area contributed by atoms with Gasteiger partial charge in [0.15, 0.2) is 0 Å². The fourth-order valence-corrected chi connectivity index (χ4v) is 2.51. The summed E-state index contributed by atoms with van der Waals surface area (Å²) in [5, 5.41) is 10.1. The van der Waals surface area contributed by atoms with Gasteiger partial charge in [-0.25, -0.2) is 4.79 Å². The third kappa shape index (κ3) is 2.04. The first-order valence-electron chi connectivity index (χ1n) is 6.28. The van der Waals surface area contributed by atoms with Gasteiger partial charge in [0.25, 0.3) is 0 Å². The normalized spacial score (nSPS) is 17.0. The number of rotatable bonds is 1. The maximum absolute atomic E-state index is 11.1. The highest BCUT2D eigenvalue weighted by atomic mass is 16.4.